The first kappa shape index (κ1) is 23.9. The summed E-state index contributed by atoms with van der Waals surface area (Å²) in [4.78, 5) is 44.1. The first-order valence-corrected chi connectivity index (χ1v) is 12.4. The molecule has 2 aliphatic rings. The second-order valence-electron chi connectivity index (χ2n) is 9.30. The molecule has 36 heavy (non-hydrogen) atoms. The highest BCUT2D eigenvalue weighted by Gasteiger charge is 2.35. The van der Waals surface area contributed by atoms with Crippen molar-refractivity contribution in [2.24, 2.45) is 0 Å². The van der Waals surface area contributed by atoms with Gasteiger partial charge in [0.2, 0.25) is 0 Å². The van der Waals surface area contributed by atoms with Crippen LogP contribution in [-0.2, 0) is 13.1 Å². The van der Waals surface area contributed by atoms with E-state index in [-0.39, 0.29) is 24.3 Å². The molecule has 0 saturated carbocycles. The van der Waals surface area contributed by atoms with E-state index in [1.54, 1.807) is 42.5 Å². The van der Waals surface area contributed by atoms with E-state index in [2.05, 4.69) is 39.4 Å². The number of rotatable bonds is 8. The fourth-order valence-electron chi connectivity index (χ4n) is 4.82. The van der Waals surface area contributed by atoms with Crippen LogP contribution in [0.4, 0.5) is 0 Å². The van der Waals surface area contributed by atoms with E-state index >= 15 is 0 Å². The largest absolute Gasteiger partial charge is 0.351 e. The standard InChI is InChI=1S/C29H30N4O3/c34-27(30-13-14-31-15-17-32(18-16-31)20-22-7-2-1-3-8-22)24-10-6-9-23(19-24)21-33-28(35)25-11-4-5-12-26(25)29(33)36/h1-12,19H,13-18,20-21H2,(H,30,34). The lowest BCUT2D eigenvalue weighted by atomic mass is 10.1. The Labute approximate surface area is 211 Å². The second-order valence-corrected chi connectivity index (χ2v) is 9.30. The van der Waals surface area contributed by atoms with Gasteiger partial charge in [-0.1, -0.05) is 54.6 Å². The van der Waals surface area contributed by atoms with E-state index in [1.165, 1.54) is 10.5 Å². The molecule has 0 bridgehead atoms. The number of nitrogens with one attached hydrogen (secondary N) is 1. The quantitative estimate of drug-likeness (QED) is 0.500. The minimum absolute atomic E-state index is 0.140. The fourth-order valence-corrected chi connectivity index (χ4v) is 4.82. The molecule has 5 rings (SSSR count). The van der Waals surface area contributed by atoms with E-state index in [9.17, 15) is 14.4 Å². The number of nitrogens with zero attached hydrogens (tertiary/aromatic N) is 3. The Morgan fingerprint density at radius 1 is 0.694 bits per heavy atom. The molecule has 3 aromatic rings. The predicted octanol–water partition coefficient (Wildman–Crippen LogP) is 3.03. The van der Waals surface area contributed by atoms with E-state index in [0.717, 1.165) is 44.8 Å². The molecule has 3 amide bonds. The third-order valence-corrected chi connectivity index (χ3v) is 6.84. The Kier molecular flexibility index (Phi) is 7.21. The summed E-state index contributed by atoms with van der Waals surface area (Å²) in [5.74, 6) is -0.745. The van der Waals surface area contributed by atoms with E-state index in [1.807, 2.05) is 12.1 Å². The zero-order chi connectivity index (χ0) is 24.9. The van der Waals surface area contributed by atoms with Crippen molar-refractivity contribution in [1.82, 2.24) is 20.0 Å². The summed E-state index contributed by atoms with van der Waals surface area (Å²) in [7, 11) is 0. The lowest BCUT2D eigenvalue weighted by Gasteiger charge is -2.34. The molecule has 0 radical (unpaired) electrons. The molecule has 0 atom stereocenters. The molecule has 0 unspecified atom stereocenters. The Bertz CT molecular complexity index is 1220. The SMILES string of the molecule is O=C(NCCN1CCN(Cc2ccccc2)CC1)c1cccc(CN2C(=O)c3ccccc3C2=O)c1. The maximum atomic E-state index is 12.8. The van der Waals surface area contributed by atoms with Crippen LogP contribution in [0.1, 0.15) is 42.2 Å². The Morgan fingerprint density at radius 2 is 1.31 bits per heavy atom. The lowest BCUT2D eigenvalue weighted by Crippen LogP contribution is -2.48. The van der Waals surface area contributed by atoms with Crippen LogP contribution in [0, 0.1) is 0 Å². The Balaban J connectivity index is 1.08. The average molecular weight is 483 g/mol. The highest BCUT2D eigenvalue weighted by atomic mass is 16.2. The second kappa shape index (κ2) is 10.8. The number of piperazine rings is 1. The van der Waals surface area contributed by atoms with Gasteiger partial charge >= 0.3 is 0 Å². The van der Waals surface area contributed by atoms with E-state index < -0.39 is 0 Å². The van der Waals surface area contributed by atoms with Crippen molar-refractivity contribution < 1.29 is 14.4 Å². The highest BCUT2D eigenvalue weighted by molar-refractivity contribution is 6.21. The maximum Gasteiger partial charge on any atom is 0.261 e. The summed E-state index contributed by atoms with van der Waals surface area (Å²) in [6, 6.07) is 24.5. The maximum absolute atomic E-state index is 12.8. The van der Waals surface area contributed by atoms with Crippen LogP contribution in [-0.4, -0.2) is 71.7 Å². The molecule has 2 heterocycles. The van der Waals surface area contributed by atoms with Gasteiger partial charge in [-0.25, -0.2) is 0 Å². The van der Waals surface area contributed by atoms with E-state index in [4.69, 9.17) is 0 Å². The van der Waals surface area contributed by atoms with Gasteiger partial charge in [0, 0.05) is 51.4 Å². The number of carbonyl (C=O) groups is 3. The molecular weight excluding hydrogens is 452 g/mol. The van der Waals surface area contributed by atoms with Gasteiger partial charge < -0.3 is 5.32 Å². The molecule has 2 aliphatic heterocycles. The summed E-state index contributed by atoms with van der Waals surface area (Å²) in [6.07, 6.45) is 0. The number of benzene rings is 3. The van der Waals surface area contributed by atoms with Gasteiger partial charge in [-0.15, -0.1) is 0 Å². The number of fused-ring (bicyclic) bond motifs is 1. The molecule has 0 aromatic heterocycles. The highest BCUT2D eigenvalue weighted by Crippen LogP contribution is 2.24. The first-order valence-electron chi connectivity index (χ1n) is 12.4. The van der Waals surface area contributed by atoms with Crippen LogP contribution in [0.15, 0.2) is 78.9 Å². The lowest BCUT2D eigenvalue weighted by molar-refractivity contribution is 0.0642. The zero-order valence-corrected chi connectivity index (χ0v) is 20.2. The zero-order valence-electron chi connectivity index (χ0n) is 20.2. The van der Waals surface area contributed by atoms with Crippen LogP contribution in [0.2, 0.25) is 0 Å². The van der Waals surface area contributed by atoms with E-state index in [0.29, 0.717) is 23.2 Å². The van der Waals surface area contributed by atoms with Crippen LogP contribution in [0.25, 0.3) is 0 Å². The van der Waals surface area contributed by atoms with Crippen LogP contribution < -0.4 is 5.32 Å². The fraction of sp³-hybridized carbons (Fsp3) is 0.276. The summed E-state index contributed by atoms with van der Waals surface area (Å²) >= 11 is 0. The molecule has 1 saturated heterocycles. The van der Waals surface area contributed by atoms with Crippen molar-refractivity contribution in [3.63, 3.8) is 0 Å². The Morgan fingerprint density at radius 3 is 2.00 bits per heavy atom. The number of hydrogen-bond donors (Lipinski definition) is 1. The van der Waals surface area contributed by atoms with Crippen molar-refractivity contribution >= 4 is 17.7 Å². The van der Waals surface area contributed by atoms with Crippen molar-refractivity contribution in [3.05, 3.63) is 107 Å². The molecule has 3 aromatic carbocycles. The number of imide groups is 1. The predicted molar refractivity (Wildman–Crippen MR) is 138 cm³/mol. The van der Waals surface area contributed by atoms with Crippen molar-refractivity contribution in [2.45, 2.75) is 13.1 Å². The van der Waals surface area contributed by atoms with Gasteiger partial charge in [0.15, 0.2) is 0 Å². The normalized spacial score (nSPS) is 16.3. The summed E-state index contributed by atoms with van der Waals surface area (Å²) in [5, 5.41) is 3.01. The summed E-state index contributed by atoms with van der Waals surface area (Å²) in [6.45, 7) is 6.49. The molecule has 1 fully saturated rings. The van der Waals surface area contributed by atoms with Gasteiger partial charge in [-0.2, -0.15) is 0 Å². The Hall–Kier alpha value is -3.81. The first-order chi connectivity index (χ1) is 17.6. The average Bonchev–Trinajstić information content (AvgIpc) is 3.15. The number of amides is 3. The molecule has 7 nitrogen and oxygen atoms in total. The number of hydrogen-bond acceptors (Lipinski definition) is 5. The molecule has 1 N–H and O–H groups in total. The smallest absolute Gasteiger partial charge is 0.261 e. The molecule has 0 spiro atoms. The van der Waals surface area contributed by atoms with Gasteiger partial charge in [0.1, 0.15) is 0 Å². The van der Waals surface area contributed by atoms with Gasteiger partial charge in [0.05, 0.1) is 17.7 Å². The minimum Gasteiger partial charge on any atom is -0.351 e. The number of carbonyl (C=O) groups excluding carboxylic acids is 3. The van der Waals surface area contributed by atoms with Crippen molar-refractivity contribution in [3.8, 4) is 0 Å². The molecular formula is C29H30N4O3. The van der Waals surface area contributed by atoms with Gasteiger partial charge in [0.25, 0.3) is 17.7 Å². The van der Waals surface area contributed by atoms with Crippen LogP contribution >= 0.6 is 0 Å². The summed E-state index contributed by atoms with van der Waals surface area (Å²) < 4.78 is 0. The van der Waals surface area contributed by atoms with Crippen LogP contribution in [0.5, 0.6) is 0 Å². The van der Waals surface area contributed by atoms with Crippen LogP contribution in [0.3, 0.4) is 0 Å². The monoisotopic (exact) mass is 482 g/mol. The molecule has 7 heteroatoms. The topological polar surface area (TPSA) is 73.0 Å². The molecule has 0 aliphatic carbocycles. The van der Waals surface area contributed by atoms with Crippen molar-refractivity contribution in [2.75, 3.05) is 39.3 Å². The third-order valence-electron chi connectivity index (χ3n) is 6.84. The summed E-state index contributed by atoms with van der Waals surface area (Å²) in [5.41, 5.74) is 3.46. The minimum atomic E-state index is -0.297. The van der Waals surface area contributed by atoms with Gasteiger partial charge in [-0.3, -0.25) is 29.1 Å². The third kappa shape index (κ3) is 5.37. The van der Waals surface area contributed by atoms with Gasteiger partial charge in [-0.05, 0) is 35.4 Å². The molecule has 184 valence electrons. The van der Waals surface area contributed by atoms with Crippen molar-refractivity contribution in [1.29, 1.82) is 0 Å².